The molecule has 2 rings (SSSR count). The van der Waals surface area contributed by atoms with Gasteiger partial charge in [0.25, 0.3) is 0 Å². The highest BCUT2D eigenvalue weighted by Crippen LogP contribution is 2.34. The van der Waals surface area contributed by atoms with E-state index in [-0.39, 0.29) is 5.88 Å². The Bertz CT molecular complexity index is 570. The van der Waals surface area contributed by atoms with E-state index in [1.165, 1.54) is 0 Å². The van der Waals surface area contributed by atoms with E-state index in [2.05, 4.69) is 5.16 Å². The predicted octanol–water partition coefficient (Wildman–Crippen LogP) is 3.81. The van der Waals surface area contributed by atoms with Crippen LogP contribution in [0.5, 0.6) is 0 Å². The molecule has 0 amide bonds. The van der Waals surface area contributed by atoms with Crippen LogP contribution in [0.3, 0.4) is 0 Å². The number of ether oxygens (including phenoxy) is 1. The normalized spacial score (nSPS) is 10.9. The van der Waals surface area contributed by atoms with Gasteiger partial charge in [-0.3, -0.25) is 0 Å². The van der Waals surface area contributed by atoms with E-state index in [0.717, 1.165) is 16.8 Å². The summed E-state index contributed by atoms with van der Waals surface area (Å²) in [5.41, 5.74) is 8.16. The number of nitrogens with zero attached hydrogens (tertiary/aromatic N) is 1. The first-order valence-corrected chi connectivity index (χ1v) is 6.66. The minimum Gasteiger partial charge on any atom is -0.381 e. The van der Waals surface area contributed by atoms with E-state index in [4.69, 9.17) is 38.2 Å². The van der Waals surface area contributed by atoms with Crippen molar-refractivity contribution in [3.63, 3.8) is 0 Å². The first kappa shape index (κ1) is 14.2. The monoisotopic (exact) mass is 300 g/mol. The van der Waals surface area contributed by atoms with Gasteiger partial charge in [-0.2, -0.15) is 0 Å². The third-order valence-electron chi connectivity index (χ3n) is 2.68. The predicted molar refractivity (Wildman–Crippen MR) is 76.6 cm³/mol. The number of hydrogen-bond acceptors (Lipinski definition) is 4. The van der Waals surface area contributed by atoms with Gasteiger partial charge in [0, 0.05) is 13.0 Å². The molecule has 0 aliphatic heterocycles. The van der Waals surface area contributed by atoms with E-state index < -0.39 is 0 Å². The van der Waals surface area contributed by atoms with Crippen LogP contribution in [-0.2, 0) is 11.2 Å². The summed E-state index contributed by atoms with van der Waals surface area (Å²) in [4.78, 5) is 0. The fourth-order valence-corrected chi connectivity index (χ4v) is 2.08. The number of rotatable bonds is 5. The number of hydrogen-bond donors (Lipinski definition) is 1. The van der Waals surface area contributed by atoms with E-state index in [9.17, 15) is 0 Å². The Balaban J connectivity index is 2.32. The van der Waals surface area contributed by atoms with Crippen LogP contribution in [0.25, 0.3) is 11.1 Å². The molecule has 102 valence electrons. The summed E-state index contributed by atoms with van der Waals surface area (Å²) in [6, 6.07) is 5.30. The van der Waals surface area contributed by atoms with Crippen LogP contribution in [0.4, 0.5) is 5.88 Å². The lowest BCUT2D eigenvalue weighted by Gasteiger charge is -2.04. The number of halogens is 2. The van der Waals surface area contributed by atoms with Crippen molar-refractivity contribution in [2.45, 2.75) is 13.3 Å². The molecule has 0 radical (unpaired) electrons. The Morgan fingerprint density at radius 3 is 2.79 bits per heavy atom. The Labute approximate surface area is 121 Å². The fourth-order valence-electron chi connectivity index (χ4n) is 1.78. The topological polar surface area (TPSA) is 61.3 Å². The molecule has 0 atom stereocenters. The molecule has 1 aromatic heterocycles. The molecule has 0 saturated carbocycles. The van der Waals surface area contributed by atoms with Crippen LogP contribution < -0.4 is 5.73 Å². The zero-order valence-corrected chi connectivity index (χ0v) is 12.0. The third-order valence-corrected chi connectivity index (χ3v) is 3.42. The van der Waals surface area contributed by atoms with E-state index >= 15 is 0 Å². The molecular weight excluding hydrogens is 287 g/mol. The quantitative estimate of drug-likeness (QED) is 0.853. The van der Waals surface area contributed by atoms with Crippen LogP contribution in [0, 0.1) is 0 Å². The number of benzene rings is 1. The molecule has 0 spiro atoms. The number of aromatic nitrogens is 1. The maximum Gasteiger partial charge on any atom is 0.230 e. The van der Waals surface area contributed by atoms with Gasteiger partial charge in [-0.15, -0.1) is 0 Å². The molecule has 19 heavy (non-hydrogen) atoms. The van der Waals surface area contributed by atoms with Crippen molar-refractivity contribution in [1.82, 2.24) is 5.16 Å². The van der Waals surface area contributed by atoms with E-state index in [1.54, 1.807) is 12.1 Å². The van der Waals surface area contributed by atoms with Crippen LogP contribution >= 0.6 is 23.2 Å². The zero-order chi connectivity index (χ0) is 13.8. The fraction of sp³-hybridized carbons (Fsp3) is 0.308. The summed E-state index contributed by atoms with van der Waals surface area (Å²) >= 11 is 11.9. The second-order valence-corrected chi connectivity index (χ2v) is 4.76. The summed E-state index contributed by atoms with van der Waals surface area (Å²) in [6.45, 7) is 3.17. The second kappa shape index (κ2) is 6.28. The smallest absolute Gasteiger partial charge is 0.230 e. The largest absolute Gasteiger partial charge is 0.381 e. The Kier molecular flexibility index (Phi) is 4.69. The summed E-state index contributed by atoms with van der Waals surface area (Å²) in [5.74, 6) is 0.268. The zero-order valence-electron chi connectivity index (χ0n) is 10.5. The van der Waals surface area contributed by atoms with Crippen molar-refractivity contribution in [2.24, 2.45) is 0 Å². The summed E-state index contributed by atoms with van der Waals surface area (Å²) in [7, 11) is 0. The van der Waals surface area contributed by atoms with Crippen molar-refractivity contribution >= 4 is 29.1 Å². The molecule has 0 unspecified atom stereocenters. The van der Waals surface area contributed by atoms with E-state index in [1.807, 2.05) is 13.0 Å². The molecule has 0 saturated heterocycles. The first-order valence-electron chi connectivity index (χ1n) is 5.90. The molecular formula is C13H14Cl2N2O2. The summed E-state index contributed by atoms with van der Waals surface area (Å²) < 4.78 is 10.4. The van der Waals surface area contributed by atoms with Crippen molar-refractivity contribution in [2.75, 3.05) is 18.9 Å². The summed E-state index contributed by atoms with van der Waals surface area (Å²) in [6.07, 6.45) is 0.629. The lowest BCUT2D eigenvalue weighted by molar-refractivity contribution is 0.149. The van der Waals surface area contributed by atoms with Gasteiger partial charge >= 0.3 is 0 Å². The van der Waals surface area contributed by atoms with Crippen molar-refractivity contribution in [3.8, 4) is 11.1 Å². The van der Waals surface area contributed by atoms with Gasteiger partial charge in [0.05, 0.1) is 27.9 Å². The average molecular weight is 301 g/mol. The van der Waals surface area contributed by atoms with Gasteiger partial charge in [-0.25, -0.2) is 0 Å². The highest BCUT2D eigenvalue weighted by molar-refractivity contribution is 6.42. The van der Waals surface area contributed by atoms with Crippen molar-refractivity contribution < 1.29 is 9.26 Å². The van der Waals surface area contributed by atoms with Gasteiger partial charge in [0.2, 0.25) is 5.88 Å². The van der Waals surface area contributed by atoms with Crippen LogP contribution in [0.2, 0.25) is 10.0 Å². The maximum atomic E-state index is 6.01. The Morgan fingerprint density at radius 2 is 2.11 bits per heavy atom. The third kappa shape index (κ3) is 3.21. The second-order valence-electron chi connectivity index (χ2n) is 3.94. The van der Waals surface area contributed by atoms with Gasteiger partial charge in [-0.1, -0.05) is 34.4 Å². The molecule has 1 aromatic carbocycles. The van der Waals surface area contributed by atoms with Crippen LogP contribution in [0.15, 0.2) is 22.7 Å². The SMILES string of the molecule is CCOCCc1noc(N)c1-c1ccc(Cl)c(Cl)c1. The van der Waals surface area contributed by atoms with Gasteiger partial charge in [0.1, 0.15) is 0 Å². The number of nitrogen functional groups attached to an aromatic ring is 1. The minimum atomic E-state index is 0.268. The highest BCUT2D eigenvalue weighted by atomic mass is 35.5. The van der Waals surface area contributed by atoms with Gasteiger partial charge < -0.3 is 15.0 Å². The lowest BCUT2D eigenvalue weighted by atomic mass is 10.0. The van der Waals surface area contributed by atoms with Crippen LogP contribution in [-0.4, -0.2) is 18.4 Å². The molecule has 2 N–H and O–H groups in total. The van der Waals surface area contributed by atoms with E-state index in [0.29, 0.717) is 29.7 Å². The Morgan fingerprint density at radius 1 is 1.32 bits per heavy atom. The highest BCUT2D eigenvalue weighted by Gasteiger charge is 2.16. The maximum absolute atomic E-state index is 6.01. The minimum absolute atomic E-state index is 0.268. The molecule has 4 nitrogen and oxygen atoms in total. The van der Waals surface area contributed by atoms with Crippen molar-refractivity contribution in [1.29, 1.82) is 0 Å². The average Bonchev–Trinajstić information content (AvgIpc) is 2.75. The standard InChI is InChI=1S/C13H14Cl2N2O2/c1-2-18-6-5-11-12(13(16)19-17-11)8-3-4-9(14)10(15)7-8/h3-4,7H,2,5-6,16H2,1H3. The lowest BCUT2D eigenvalue weighted by Crippen LogP contribution is -2.00. The summed E-state index contributed by atoms with van der Waals surface area (Å²) in [5, 5.41) is 4.92. The first-order chi connectivity index (χ1) is 9.13. The van der Waals surface area contributed by atoms with Crippen LogP contribution in [0.1, 0.15) is 12.6 Å². The molecule has 0 aliphatic carbocycles. The number of anilines is 1. The molecule has 6 heteroatoms. The number of nitrogens with two attached hydrogens (primary N) is 1. The molecule has 0 fully saturated rings. The molecule has 2 aromatic rings. The van der Waals surface area contributed by atoms with Gasteiger partial charge in [-0.05, 0) is 24.6 Å². The van der Waals surface area contributed by atoms with Crippen molar-refractivity contribution in [3.05, 3.63) is 33.9 Å². The molecule has 0 aliphatic rings. The Hall–Kier alpha value is -1.23. The molecule has 0 bridgehead atoms. The van der Waals surface area contributed by atoms with Gasteiger partial charge in [0.15, 0.2) is 0 Å². The molecule has 1 heterocycles.